The van der Waals surface area contributed by atoms with Gasteiger partial charge in [0.1, 0.15) is 0 Å². The van der Waals surface area contributed by atoms with E-state index in [1.165, 1.54) is 0 Å². The number of nitrogens with one attached hydrogen (secondary N) is 1. The summed E-state index contributed by atoms with van der Waals surface area (Å²) in [6.07, 6.45) is 1.38. The minimum absolute atomic E-state index is 0.0301. The third kappa shape index (κ3) is 4.34. The van der Waals surface area contributed by atoms with Crippen LogP contribution in [0.4, 0.5) is 0 Å². The van der Waals surface area contributed by atoms with Gasteiger partial charge < -0.3 is 11.1 Å². The zero-order valence-electron chi connectivity index (χ0n) is 8.83. The molecule has 3 nitrogen and oxygen atoms in total. The lowest BCUT2D eigenvalue weighted by Crippen LogP contribution is -2.36. The summed E-state index contributed by atoms with van der Waals surface area (Å²) in [5.74, 6) is -0.0535. The monoisotopic (exact) mass is 368 g/mol. The first-order valence-electron chi connectivity index (χ1n) is 4.86. The van der Waals surface area contributed by atoms with E-state index in [2.05, 4.69) is 27.9 Å². The van der Waals surface area contributed by atoms with Crippen LogP contribution in [0.15, 0.2) is 11.4 Å². The third-order valence-electron chi connectivity index (χ3n) is 2.11. The molecule has 0 bridgehead atoms. The topological polar surface area (TPSA) is 55.1 Å². The molecule has 1 heterocycles. The second-order valence-electron chi connectivity index (χ2n) is 3.39. The molecule has 0 saturated heterocycles. The van der Waals surface area contributed by atoms with Crippen LogP contribution in [0.3, 0.4) is 0 Å². The molecule has 3 N–H and O–H groups in total. The summed E-state index contributed by atoms with van der Waals surface area (Å²) in [4.78, 5) is 12.3. The Morgan fingerprint density at radius 2 is 2.44 bits per heavy atom. The lowest BCUT2D eigenvalue weighted by atomic mass is 10.1. The molecule has 0 fully saturated rings. The van der Waals surface area contributed by atoms with Gasteiger partial charge in [-0.15, -0.1) is 11.3 Å². The molecule has 0 radical (unpaired) electrons. The quantitative estimate of drug-likeness (QED) is 0.621. The Morgan fingerprint density at radius 3 is 2.88 bits per heavy atom. The lowest BCUT2D eigenvalue weighted by Gasteiger charge is -2.15. The van der Waals surface area contributed by atoms with Crippen LogP contribution in [0, 0.1) is 2.88 Å². The lowest BCUT2D eigenvalue weighted by molar-refractivity contribution is 0.0937. The average Bonchev–Trinajstić information content (AvgIpc) is 2.63. The highest BCUT2D eigenvalue weighted by Crippen LogP contribution is 2.16. The Hall–Kier alpha value is -0.210. The van der Waals surface area contributed by atoms with Crippen LogP contribution >= 0.6 is 46.1 Å². The first-order valence-corrected chi connectivity index (χ1v) is 7.22. The summed E-state index contributed by atoms with van der Waals surface area (Å²) in [5, 5.41) is 4.78. The van der Waals surface area contributed by atoms with Gasteiger partial charge in [-0.05, 0) is 35.1 Å². The van der Waals surface area contributed by atoms with Crippen molar-refractivity contribution in [2.45, 2.75) is 25.8 Å². The fourth-order valence-electron chi connectivity index (χ4n) is 1.24. The van der Waals surface area contributed by atoms with E-state index in [0.29, 0.717) is 17.0 Å². The number of rotatable bonds is 5. The van der Waals surface area contributed by atoms with Gasteiger partial charge >= 0.3 is 0 Å². The van der Waals surface area contributed by atoms with Crippen molar-refractivity contribution in [1.82, 2.24) is 5.32 Å². The molecule has 0 aliphatic heterocycles. The zero-order chi connectivity index (χ0) is 12.1. The molecule has 0 aromatic carbocycles. The van der Waals surface area contributed by atoms with Crippen LogP contribution in [0.5, 0.6) is 0 Å². The van der Waals surface area contributed by atoms with Gasteiger partial charge in [-0.2, -0.15) is 0 Å². The standard InChI is InChI=1S/C10H13IN2OS2/c1-2-7(4-9(12)15)13-10(14)6-3-8(11)16-5-6/h3,5,7H,2,4H2,1H3,(H2,12,15)(H,13,14). The predicted molar refractivity (Wildman–Crippen MR) is 80.0 cm³/mol. The Morgan fingerprint density at radius 1 is 1.75 bits per heavy atom. The number of thiophene rings is 1. The van der Waals surface area contributed by atoms with Crippen molar-refractivity contribution in [2.24, 2.45) is 5.73 Å². The minimum atomic E-state index is -0.0535. The number of carbonyl (C=O) groups is 1. The number of thiocarbonyl (C=S) groups is 1. The van der Waals surface area contributed by atoms with E-state index in [1.807, 2.05) is 18.4 Å². The smallest absolute Gasteiger partial charge is 0.252 e. The molecule has 88 valence electrons. The first-order chi connectivity index (χ1) is 7.52. The molecular formula is C10H13IN2OS2. The van der Waals surface area contributed by atoms with Crippen LogP contribution in [0.25, 0.3) is 0 Å². The molecule has 0 spiro atoms. The summed E-state index contributed by atoms with van der Waals surface area (Å²) >= 11 is 8.59. The zero-order valence-corrected chi connectivity index (χ0v) is 12.6. The van der Waals surface area contributed by atoms with E-state index >= 15 is 0 Å². The molecule has 16 heavy (non-hydrogen) atoms. The molecule has 0 saturated carbocycles. The number of hydrogen-bond donors (Lipinski definition) is 2. The van der Waals surface area contributed by atoms with Crippen LogP contribution in [0.2, 0.25) is 0 Å². The predicted octanol–water partition coefficient (Wildman–Crippen LogP) is 2.54. The number of amides is 1. The Bertz CT molecular complexity index is 392. The molecule has 1 aromatic rings. The van der Waals surface area contributed by atoms with Crippen molar-refractivity contribution in [3.63, 3.8) is 0 Å². The van der Waals surface area contributed by atoms with Crippen LogP contribution in [-0.2, 0) is 0 Å². The summed E-state index contributed by atoms with van der Waals surface area (Å²) in [6.45, 7) is 2.00. The molecule has 1 unspecified atom stereocenters. The number of hydrogen-bond acceptors (Lipinski definition) is 3. The van der Waals surface area contributed by atoms with Crippen molar-refractivity contribution in [3.8, 4) is 0 Å². The highest BCUT2D eigenvalue weighted by Gasteiger charge is 2.13. The Kier molecular flexibility index (Phi) is 5.63. The second-order valence-corrected chi connectivity index (χ2v) is 6.72. The Labute approximate surface area is 118 Å². The van der Waals surface area contributed by atoms with Gasteiger partial charge in [0.2, 0.25) is 0 Å². The van der Waals surface area contributed by atoms with Crippen molar-refractivity contribution in [3.05, 3.63) is 19.9 Å². The second kappa shape index (κ2) is 6.51. The van der Waals surface area contributed by atoms with Crippen LogP contribution in [0.1, 0.15) is 30.1 Å². The molecule has 1 atom stereocenters. The third-order valence-corrected chi connectivity index (χ3v) is 4.06. The molecule has 1 rings (SSSR count). The van der Waals surface area contributed by atoms with Crippen molar-refractivity contribution < 1.29 is 4.79 Å². The van der Waals surface area contributed by atoms with Crippen LogP contribution < -0.4 is 11.1 Å². The van der Waals surface area contributed by atoms with Gasteiger partial charge in [-0.25, -0.2) is 0 Å². The minimum Gasteiger partial charge on any atom is -0.393 e. The maximum absolute atomic E-state index is 11.8. The largest absolute Gasteiger partial charge is 0.393 e. The maximum Gasteiger partial charge on any atom is 0.252 e. The van der Waals surface area contributed by atoms with Gasteiger partial charge in [0, 0.05) is 17.8 Å². The number of halogens is 1. The van der Waals surface area contributed by atoms with Crippen molar-refractivity contribution in [1.29, 1.82) is 0 Å². The molecule has 6 heteroatoms. The molecule has 0 aliphatic carbocycles. The van der Waals surface area contributed by atoms with Gasteiger partial charge in [0.05, 0.1) is 13.4 Å². The maximum atomic E-state index is 11.8. The molecular weight excluding hydrogens is 355 g/mol. The van der Waals surface area contributed by atoms with Crippen molar-refractivity contribution >= 4 is 57.0 Å². The van der Waals surface area contributed by atoms with E-state index in [4.69, 9.17) is 18.0 Å². The summed E-state index contributed by atoms with van der Waals surface area (Å²) in [5.41, 5.74) is 6.17. The molecule has 0 aliphatic rings. The van der Waals surface area contributed by atoms with Gasteiger partial charge in [0.15, 0.2) is 0 Å². The molecule has 1 amide bonds. The fourth-order valence-corrected chi connectivity index (χ4v) is 2.77. The van der Waals surface area contributed by atoms with Gasteiger partial charge in [0.25, 0.3) is 5.91 Å². The van der Waals surface area contributed by atoms with Gasteiger partial charge in [-0.3, -0.25) is 4.79 Å². The van der Waals surface area contributed by atoms with Crippen molar-refractivity contribution in [2.75, 3.05) is 0 Å². The van der Waals surface area contributed by atoms with E-state index in [0.717, 1.165) is 9.30 Å². The number of carbonyl (C=O) groups excluding carboxylic acids is 1. The summed E-state index contributed by atoms with van der Waals surface area (Å²) < 4.78 is 1.10. The van der Waals surface area contributed by atoms with E-state index in [-0.39, 0.29) is 11.9 Å². The SMILES string of the molecule is CCC(CC(N)=S)NC(=O)c1csc(I)c1. The average molecular weight is 368 g/mol. The van der Waals surface area contributed by atoms with E-state index in [9.17, 15) is 4.79 Å². The summed E-state index contributed by atoms with van der Waals surface area (Å²) in [7, 11) is 0. The normalized spacial score (nSPS) is 12.1. The Balaban J connectivity index is 2.58. The van der Waals surface area contributed by atoms with Crippen LogP contribution in [-0.4, -0.2) is 16.9 Å². The first kappa shape index (κ1) is 13.9. The van der Waals surface area contributed by atoms with Gasteiger partial charge in [-0.1, -0.05) is 19.1 Å². The number of nitrogens with two attached hydrogens (primary N) is 1. The fraction of sp³-hybridized carbons (Fsp3) is 0.400. The highest BCUT2D eigenvalue weighted by molar-refractivity contribution is 14.1. The van der Waals surface area contributed by atoms with E-state index in [1.54, 1.807) is 11.3 Å². The summed E-state index contributed by atoms with van der Waals surface area (Å²) in [6, 6.07) is 1.90. The van der Waals surface area contributed by atoms with E-state index < -0.39 is 0 Å². The highest BCUT2D eigenvalue weighted by atomic mass is 127. The molecule has 1 aromatic heterocycles.